The molecular weight excluding hydrogens is 368 g/mol. The van der Waals surface area contributed by atoms with Gasteiger partial charge in [0.05, 0.1) is 22.9 Å². The van der Waals surface area contributed by atoms with Crippen LogP contribution in [0.15, 0.2) is 23.1 Å². The molecule has 1 aliphatic carbocycles. The lowest BCUT2D eigenvalue weighted by Gasteiger charge is -2.30. The molecule has 27 heavy (non-hydrogen) atoms. The molecular formula is C19H26N2O5S. The second kappa shape index (κ2) is 8.29. The maximum atomic E-state index is 12.5. The van der Waals surface area contributed by atoms with Crippen molar-refractivity contribution in [3.05, 3.63) is 18.2 Å². The highest BCUT2D eigenvalue weighted by Crippen LogP contribution is 2.34. The van der Waals surface area contributed by atoms with E-state index in [0.717, 1.165) is 25.7 Å². The van der Waals surface area contributed by atoms with Crippen LogP contribution >= 0.6 is 0 Å². The minimum absolute atomic E-state index is 0.0345. The minimum atomic E-state index is -3.40. The third kappa shape index (κ3) is 4.80. The van der Waals surface area contributed by atoms with E-state index in [4.69, 9.17) is 4.74 Å². The number of amides is 1. The average Bonchev–Trinajstić information content (AvgIpc) is 2.89. The number of anilines is 1. The van der Waals surface area contributed by atoms with Crippen molar-refractivity contribution in [2.24, 2.45) is 0 Å². The molecule has 0 spiro atoms. The number of ether oxygens (including phenoxy) is 1. The molecule has 3 rings (SSSR count). The van der Waals surface area contributed by atoms with Crippen LogP contribution in [0.3, 0.4) is 0 Å². The molecule has 0 atom stereocenters. The van der Waals surface area contributed by atoms with Gasteiger partial charge >= 0.3 is 5.97 Å². The highest BCUT2D eigenvalue weighted by atomic mass is 32.2. The zero-order chi connectivity index (χ0) is 19.4. The molecule has 1 saturated carbocycles. The predicted octanol–water partition coefficient (Wildman–Crippen LogP) is 2.04. The summed E-state index contributed by atoms with van der Waals surface area (Å²) in [4.78, 5) is 26.2. The summed E-state index contributed by atoms with van der Waals surface area (Å²) in [7, 11) is -3.40. The van der Waals surface area contributed by atoms with Gasteiger partial charge in [-0.3, -0.25) is 4.79 Å². The lowest BCUT2D eigenvalue weighted by molar-refractivity contribution is -0.133. The van der Waals surface area contributed by atoms with Gasteiger partial charge in [-0.05, 0) is 25.0 Å². The van der Waals surface area contributed by atoms with Crippen LogP contribution < -0.4 is 15.0 Å². The number of esters is 1. The van der Waals surface area contributed by atoms with Crippen LogP contribution in [0.2, 0.25) is 0 Å². The maximum absolute atomic E-state index is 12.5. The molecule has 1 fully saturated rings. The lowest BCUT2D eigenvalue weighted by atomic mass is 10.1. The van der Waals surface area contributed by atoms with Crippen LogP contribution in [0.1, 0.15) is 45.4 Å². The number of sulfone groups is 1. The maximum Gasteiger partial charge on any atom is 0.331 e. The monoisotopic (exact) mass is 394 g/mol. The van der Waals surface area contributed by atoms with Gasteiger partial charge in [0.15, 0.2) is 15.6 Å². The first-order valence-corrected chi connectivity index (χ1v) is 11.2. The van der Waals surface area contributed by atoms with Gasteiger partial charge in [-0.15, -0.1) is 0 Å². The Bertz CT molecular complexity index is 813. The third-order valence-corrected chi connectivity index (χ3v) is 6.84. The van der Waals surface area contributed by atoms with Crippen LogP contribution in [0.5, 0.6) is 5.75 Å². The van der Waals surface area contributed by atoms with Gasteiger partial charge in [-0.2, -0.15) is 0 Å². The van der Waals surface area contributed by atoms with Gasteiger partial charge in [-0.25, -0.2) is 13.2 Å². The molecule has 1 aromatic carbocycles. The quantitative estimate of drug-likeness (QED) is 0.467. The van der Waals surface area contributed by atoms with Gasteiger partial charge < -0.3 is 15.0 Å². The summed E-state index contributed by atoms with van der Waals surface area (Å²) in [5.74, 6) is -0.487. The summed E-state index contributed by atoms with van der Waals surface area (Å²) >= 11 is 0. The van der Waals surface area contributed by atoms with E-state index < -0.39 is 15.8 Å². The Hall–Kier alpha value is -2.09. The molecule has 1 amide bonds. The minimum Gasteiger partial charge on any atom is -0.423 e. The van der Waals surface area contributed by atoms with Gasteiger partial charge in [0.25, 0.3) is 0 Å². The SMILES string of the molecule is CCS(=O)(=O)c1ccc2c(c1)OC(=O)CN2CC(=O)NC1CCCCCC1. The number of carbonyl (C=O) groups is 2. The Kier molecular flexibility index (Phi) is 6.04. The van der Waals surface area contributed by atoms with Crippen molar-refractivity contribution in [3.8, 4) is 5.75 Å². The number of hydrogen-bond donors (Lipinski definition) is 1. The van der Waals surface area contributed by atoms with Crippen molar-refractivity contribution in [3.63, 3.8) is 0 Å². The van der Waals surface area contributed by atoms with E-state index in [1.165, 1.54) is 25.0 Å². The molecule has 1 aromatic rings. The van der Waals surface area contributed by atoms with Crippen molar-refractivity contribution >= 4 is 27.4 Å². The van der Waals surface area contributed by atoms with E-state index in [2.05, 4.69) is 5.32 Å². The van der Waals surface area contributed by atoms with Crippen LogP contribution in [0.25, 0.3) is 0 Å². The Morgan fingerprint density at radius 1 is 1.22 bits per heavy atom. The highest BCUT2D eigenvalue weighted by molar-refractivity contribution is 7.91. The third-order valence-electron chi connectivity index (χ3n) is 5.11. The van der Waals surface area contributed by atoms with Crippen molar-refractivity contribution in [2.75, 3.05) is 23.7 Å². The molecule has 0 radical (unpaired) electrons. The Labute approximate surface area is 160 Å². The largest absolute Gasteiger partial charge is 0.423 e. The average molecular weight is 394 g/mol. The van der Waals surface area contributed by atoms with Crippen molar-refractivity contribution in [1.29, 1.82) is 0 Å². The summed E-state index contributed by atoms with van der Waals surface area (Å²) < 4.78 is 29.3. The molecule has 0 aromatic heterocycles. The molecule has 0 bridgehead atoms. The Balaban J connectivity index is 1.73. The fourth-order valence-electron chi connectivity index (χ4n) is 3.60. The van der Waals surface area contributed by atoms with Crippen LogP contribution in [0, 0.1) is 0 Å². The Morgan fingerprint density at radius 2 is 1.93 bits per heavy atom. The number of rotatable bonds is 5. The van der Waals surface area contributed by atoms with Crippen LogP contribution in [-0.2, 0) is 19.4 Å². The number of nitrogens with one attached hydrogen (secondary N) is 1. The molecule has 1 heterocycles. The first kappa shape index (κ1) is 19.7. The summed E-state index contributed by atoms with van der Waals surface area (Å²) in [5, 5.41) is 3.07. The number of carbonyl (C=O) groups excluding carboxylic acids is 2. The second-order valence-corrected chi connectivity index (χ2v) is 9.40. The van der Waals surface area contributed by atoms with Gasteiger partial charge in [0.2, 0.25) is 5.91 Å². The van der Waals surface area contributed by atoms with Crippen LogP contribution in [-0.4, -0.2) is 45.2 Å². The fourth-order valence-corrected chi connectivity index (χ4v) is 4.50. The molecule has 7 nitrogen and oxygen atoms in total. The van der Waals surface area contributed by atoms with E-state index in [-0.39, 0.29) is 41.4 Å². The number of fused-ring (bicyclic) bond motifs is 1. The predicted molar refractivity (Wildman–Crippen MR) is 102 cm³/mol. The normalized spacial score (nSPS) is 18.4. The first-order valence-electron chi connectivity index (χ1n) is 9.51. The molecule has 1 N–H and O–H groups in total. The van der Waals surface area contributed by atoms with E-state index >= 15 is 0 Å². The number of nitrogens with zero attached hydrogens (tertiary/aromatic N) is 1. The summed E-state index contributed by atoms with van der Waals surface area (Å²) in [5.41, 5.74) is 0.556. The Morgan fingerprint density at radius 3 is 2.59 bits per heavy atom. The van der Waals surface area contributed by atoms with Crippen molar-refractivity contribution in [1.82, 2.24) is 5.32 Å². The molecule has 0 unspecified atom stereocenters. The van der Waals surface area contributed by atoms with Crippen molar-refractivity contribution < 1.29 is 22.7 Å². The summed E-state index contributed by atoms with van der Waals surface area (Å²) in [6.07, 6.45) is 6.64. The van der Waals surface area contributed by atoms with E-state index in [9.17, 15) is 18.0 Å². The molecule has 1 aliphatic heterocycles. The zero-order valence-electron chi connectivity index (χ0n) is 15.6. The van der Waals surface area contributed by atoms with Gasteiger partial charge in [-0.1, -0.05) is 32.6 Å². The lowest BCUT2D eigenvalue weighted by Crippen LogP contribution is -2.45. The standard InChI is InChI=1S/C19H26N2O5S/c1-2-27(24,25)15-9-10-16-17(11-15)26-19(23)13-21(16)12-18(22)20-14-7-5-3-4-6-8-14/h9-11,14H,2-8,12-13H2,1H3,(H,20,22). The zero-order valence-corrected chi connectivity index (χ0v) is 16.4. The number of benzene rings is 1. The van der Waals surface area contributed by atoms with E-state index in [0.29, 0.717) is 5.69 Å². The van der Waals surface area contributed by atoms with Gasteiger partial charge in [0, 0.05) is 12.1 Å². The van der Waals surface area contributed by atoms with E-state index in [1.807, 2.05) is 0 Å². The second-order valence-electron chi connectivity index (χ2n) is 7.12. The summed E-state index contributed by atoms with van der Waals surface area (Å²) in [6, 6.07) is 4.64. The first-order chi connectivity index (χ1) is 12.9. The van der Waals surface area contributed by atoms with E-state index in [1.54, 1.807) is 17.9 Å². The smallest absolute Gasteiger partial charge is 0.331 e. The fraction of sp³-hybridized carbons (Fsp3) is 0.579. The molecule has 148 valence electrons. The molecule has 8 heteroatoms. The topological polar surface area (TPSA) is 92.8 Å². The molecule has 2 aliphatic rings. The molecule has 0 saturated heterocycles. The van der Waals surface area contributed by atoms with Crippen LogP contribution in [0.4, 0.5) is 5.69 Å². The van der Waals surface area contributed by atoms with Crippen molar-refractivity contribution in [2.45, 2.75) is 56.4 Å². The number of hydrogen-bond acceptors (Lipinski definition) is 6. The summed E-state index contributed by atoms with van der Waals surface area (Å²) in [6.45, 7) is 1.56. The van der Waals surface area contributed by atoms with Gasteiger partial charge in [0.1, 0.15) is 6.54 Å². The highest BCUT2D eigenvalue weighted by Gasteiger charge is 2.28.